The molecule has 2 aliphatic rings. The number of carbonyl (C=O) groups excluding carboxylic acids is 2. The zero-order chi connectivity index (χ0) is 25.7. The maximum absolute atomic E-state index is 13.6. The van der Waals surface area contributed by atoms with Crippen LogP contribution in [0.4, 0.5) is 18.9 Å². The maximum atomic E-state index is 13.6. The average molecular weight is 503 g/mol. The molecule has 2 aromatic rings. The predicted octanol–water partition coefficient (Wildman–Crippen LogP) is 6.91. The highest BCUT2D eigenvalue weighted by Gasteiger charge is 2.42. The molecular weight excluding hydrogens is 477 g/mol. The first-order valence-corrected chi connectivity index (χ1v) is 11.6. The number of allylic oxidation sites excluding steroid dienone is 3. The number of halogens is 4. The lowest BCUT2D eigenvalue weighted by atomic mass is 9.68. The summed E-state index contributed by atoms with van der Waals surface area (Å²) in [5.41, 5.74) is 2.61. The van der Waals surface area contributed by atoms with Gasteiger partial charge in [0.15, 0.2) is 5.78 Å². The molecule has 4 nitrogen and oxygen atoms in total. The third-order valence-corrected chi connectivity index (χ3v) is 6.77. The Bertz CT molecular complexity index is 1270. The minimum Gasteiger partial charge on any atom is -0.362 e. The molecule has 8 heteroatoms. The fourth-order valence-corrected chi connectivity index (χ4v) is 4.98. The van der Waals surface area contributed by atoms with E-state index in [-0.39, 0.29) is 27.5 Å². The number of rotatable bonds is 3. The van der Waals surface area contributed by atoms with Gasteiger partial charge in [-0.05, 0) is 49.4 Å². The van der Waals surface area contributed by atoms with E-state index >= 15 is 0 Å². The number of nitrogens with one attached hydrogen (secondary N) is 2. The van der Waals surface area contributed by atoms with Crippen molar-refractivity contribution in [1.82, 2.24) is 5.32 Å². The van der Waals surface area contributed by atoms with Gasteiger partial charge in [-0.15, -0.1) is 0 Å². The Morgan fingerprint density at radius 1 is 1.09 bits per heavy atom. The van der Waals surface area contributed by atoms with Crippen molar-refractivity contribution in [3.8, 4) is 0 Å². The van der Waals surface area contributed by atoms with Crippen molar-refractivity contribution in [3.63, 3.8) is 0 Å². The normalized spacial score (nSPS) is 19.9. The zero-order valence-electron chi connectivity index (χ0n) is 19.9. The predicted molar refractivity (Wildman–Crippen MR) is 130 cm³/mol. The number of carbonyl (C=O) groups is 2. The second-order valence-electron chi connectivity index (χ2n) is 9.99. The van der Waals surface area contributed by atoms with Gasteiger partial charge in [-0.1, -0.05) is 55.3 Å². The van der Waals surface area contributed by atoms with Crippen molar-refractivity contribution < 1.29 is 22.8 Å². The molecule has 1 aliphatic carbocycles. The highest BCUT2D eigenvalue weighted by molar-refractivity contribution is 6.34. The number of hydrogen-bond acceptors (Lipinski definition) is 3. The molecule has 4 rings (SSSR count). The van der Waals surface area contributed by atoms with Gasteiger partial charge in [0.1, 0.15) is 0 Å². The number of benzene rings is 2. The van der Waals surface area contributed by atoms with Gasteiger partial charge in [-0.2, -0.15) is 13.2 Å². The number of amides is 1. The van der Waals surface area contributed by atoms with Crippen LogP contribution in [0.3, 0.4) is 0 Å². The zero-order valence-corrected chi connectivity index (χ0v) is 20.6. The van der Waals surface area contributed by atoms with Crippen LogP contribution in [0.15, 0.2) is 65.0 Å². The SMILES string of the molecule is CC1=C(C(=O)Nc2cc(C(F)(F)F)ccc2Cl)[C@H](c2ccc(C)cc2)C2=C(CC(C)(C)CC2=O)N1. The summed E-state index contributed by atoms with van der Waals surface area (Å²) < 4.78 is 39.7. The Kier molecular flexibility index (Phi) is 6.34. The lowest BCUT2D eigenvalue weighted by Crippen LogP contribution is -2.39. The first-order chi connectivity index (χ1) is 16.3. The van der Waals surface area contributed by atoms with Crippen molar-refractivity contribution in [3.05, 3.63) is 86.7 Å². The van der Waals surface area contributed by atoms with Crippen molar-refractivity contribution in [2.24, 2.45) is 5.41 Å². The highest BCUT2D eigenvalue weighted by Crippen LogP contribution is 2.47. The van der Waals surface area contributed by atoms with Gasteiger partial charge in [0, 0.05) is 34.9 Å². The van der Waals surface area contributed by atoms with Gasteiger partial charge in [0.25, 0.3) is 5.91 Å². The first kappa shape index (κ1) is 25.0. The molecule has 184 valence electrons. The van der Waals surface area contributed by atoms with Crippen molar-refractivity contribution in [2.75, 3.05) is 5.32 Å². The summed E-state index contributed by atoms with van der Waals surface area (Å²) in [6, 6.07) is 10.3. The molecular formula is C27H26ClF3N2O2. The fraction of sp³-hybridized carbons (Fsp3) is 0.333. The van der Waals surface area contributed by atoms with Gasteiger partial charge >= 0.3 is 6.18 Å². The van der Waals surface area contributed by atoms with Crippen molar-refractivity contribution in [2.45, 2.75) is 52.6 Å². The molecule has 0 radical (unpaired) electrons. The Morgan fingerprint density at radius 2 is 1.74 bits per heavy atom. The second kappa shape index (κ2) is 8.86. The lowest BCUT2D eigenvalue weighted by Gasteiger charge is -2.39. The molecule has 0 aromatic heterocycles. The largest absolute Gasteiger partial charge is 0.416 e. The fourth-order valence-electron chi connectivity index (χ4n) is 4.82. The molecule has 0 saturated carbocycles. The van der Waals surface area contributed by atoms with Crippen LogP contribution in [0.5, 0.6) is 0 Å². The summed E-state index contributed by atoms with van der Waals surface area (Å²) >= 11 is 6.12. The van der Waals surface area contributed by atoms with Crippen LogP contribution in [0.25, 0.3) is 0 Å². The van der Waals surface area contributed by atoms with Crippen LogP contribution in [0.2, 0.25) is 5.02 Å². The van der Waals surface area contributed by atoms with Crippen LogP contribution in [0.1, 0.15) is 56.2 Å². The van der Waals surface area contributed by atoms with Gasteiger partial charge in [0.05, 0.1) is 16.3 Å². The van der Waals surface area contributed by atoms with E-state index in [1.807, 2.05) is 45.0 Å². The third-order valence-electron chi connectivity index (χ3n) is 6.44. The van der Waals surface area contributed by atoms with E-state index in [9.17, 15) is 22.8 Å². The number of alkyl halides is 3. The molecule has 0 fully saturated rings. The number of hydrogen-bond donors (Lipinski definition) is 2. The molecule has 0 saturated heterocycles. The van der Waals surface area contributed by atoms with Gasteiger partial charge in [-0.25, -0.2) is 0 Å². The number of anilines is 1. The Balaban J connectivity index is 1.79. The minimum absolute atomic E-state index is 0.0179. The van der Waals surface area contributed by atoms with E-state index < -0.39 is 23.6 Å². The van der Waals surface area contributed by atoms with E-state index in [0.717, 1.165) is 35.0 Å². The molecule has 0 bridgehead atoms. The molecule has 1 aliphatic heterocycles. The Hall–Kier alpha value is -3.06. The average Bonchev–Trinajstić information content (AvgIpc) is 2.73. The second-order valence-corrected chi connectivity index (χ2v) is 10.4. The molecule has 0 spiro atoms. The topological polar surface area (TPSA) is 58.2 Å². The van der Waals surface area contributed by atoms with Crippen LogP contribution >= 0.6 is 11.6 Å². The third kappa shape index (κ3) is 5.01. The quantitative estimate of drug-likeness (QED) is 0.479. The highest BCUT2D eigenvalue weighted by atomic mass is 35.5. The van der Waals surface area contributed by atoms with Crippen LogP contribution in [-0.2, 0) is 15.8 Å². The van der Waals surface area contributed by atoms with Crippen LogP contribution in [0, 0.1) is 12.3 Å². The minimum atomic E-state index is -4.59. The smallest absolute Gasteiger partial charge is 0.362 e. The standard InChI is InChI=1S/C27H26ClF3N2O2/c1-14-5-7-16(8-6-14)23-22(15(2)32-20-12-26(3,4)13-21(34)24(20)23)25(35)33-19-11-17(27(29,30)31)9-10-18(19)28/h5-11,23,32H,12-13H2,1-4H3,(H,33,35)/t23-/m0/s1. The Morgan fingerprint density at radius 3 is 2.37 bits per heavy atom. The molecule has 1 heterocycles. The van der Waals surface area contributed by atoms with Gasteiger partial charge in [-0.3, -0.25) is 9.59 Å². The number of Topliss-reactive ketones (excluding diaryl/α,β-unsaturated/α-hetero) is 1. The maximum Gasteiger partial charge on any atom is 0.416 e. The summed E-state index contributed by atoms with van der Waals surface area (Å²) in [7, 11) is 0. The number of ketones is 1. The summed E-state index contributed by atoms with van der Waals surface area (Å²) in [6.45, 7) is 7.72. The monoisotopic (exact) mass is 502 g/mol. The summed E-state index contributed by atoms with van der Waals surface area (Å²) in [6.07, 6.45) is -3.61. The van der Waals surface area contributed by atoms with E-state index in [1.54, 1.807) is 6.92 Å². The van der Waals surface area contributed by atoms with Crippen molar-refractivity contribution in [1.29, 1.82) is 0 Å². The van der Waals surface area contributed by atoms with Crippen molar-refractivity contribution >= 4 is 29.0 Å². The van der Waals surface area contributed by atoms with Crippen LogP contribution < -0.4 is 10.6 Å². The molecule has 2 N–H and O–H groups in total. The molecule has 35 heavy (non-hydrogen) atoms. The van der Waals surface area contributed by atoms with E-state index in [1.165, 1.54) is 0 Å². The Labute approximate surface area is 207 Å². The van der Waals surface area contributed by atoms with Gasteiger partial charge in [0.2, 0.25) is 0 Å². The molecule has 1 amide bonds. The summed E-state index contributed by atoms with van der Waals surface area (Å²) in [5.74, 6) is -1.32. The lowest BCUT2D eigenvalue weighted by molar-refractivity contribution is -0.137. The number of aryl methyl sites for hydroxylation is 1. The molecule has 1 atom stereocenters. The first-order valence-electron chi connectivity index (χ1n) is 11.3. The molecule has 2 aromatic carbocycles. The van der Waals surface area contributed by atoms with Gasteiger partial charge < -0.3 is 10.6 Å². The summed E-state index contributed by atoms with van der Waals surface area (Å²) in [5, 5.41) is 5.79. The molecule has 0 unspecified atom stereocenters. The van der Waals surface area contributed by atoms with Crippen LogP contribution in [-0.4, -0.2) is 11.7 Å². The van der Waals surface area contributed by atoms with E-state index in [2.05, 4.69) is 10.6 Å². The van der Waals surface area contributed by atoms with E-state index in [4.69, 9.17) is 11.6 Å². The number of dihydropyridines is 1. The summed E-state index contributed by atoms with van der Waals surface area (Å²) in [4.78, 5) is 26.9. The van der Waals surface area contributed by atoms with E-state index in [0.29, 0.717) is 24.1 Å².